The van der Waals surface area contributed by atoms with Crippen LogP contribution in [0.3, 0.4) is 0 Å². The van der Waals surface area contributed by atoms with Crippen molar-refractivity contribution in [3.8, 4) is 5.75 Å². The van der Waals surface area contributed by atoms with Crippen LogP contribution < -0.4 is 15.0 Å². The fourth-order valence-electron chi connectivity index (χ4n) is 3.98. The number of carbonyl (C=O) groups is 3. The molecule has 0 fully saturated rings. The first kappa shape index (κ1) is 24.0. The third kappa shape index (κ3) is 5.19. The molecule has 0 aliphatic carbocycles. The number of nitrogens with one attached hydrogen (secondary N) is 1. The van der Waals surface area contributed by atoms with E-state index in [1.807, 2.05) is 62.4 Å². The van der Waals surface area contributed by atoms with Crippen LogP contribution in [0.2, 0.25) is 0 Å². The summed E-state index contributed by atoms with van der Waals surface area (Å²) < 4.78 is 11.3. The summed E-state index contributed by atoms with van der Waals surface area (Å²) in [5.41, 5.74) is 2.99. The van der Waals surface area contributed by atoms with E-state index in [1.165, 1.54) is 4.90 Å². The first-order chi connectivity index (χ1) is 16.7. The van der Waals surface area contributed by atoms with E-state index in [-0.39, 0.29) is 19.1 Å². The number of rotatable bonds is 6. The molecule has 0 aromatic heterocycles. The van der Waals surface area contributed by atoms with Gasteiger partial charge in [-0.2, -0.15) is 0 Å². The van der Waals surface area contributed by atoms with E-state index >= 15 is 0 Å². The largest absolute Gasteiger partial charge is 0.476 e. The summed E-state index contributed by atoms with van der Waals surface area (Å²) in [6, 6.07) is 19.9. The van der Waals surface area contributed by atoms with Crippen LogP contribution in [0.25, 0.3) is 0 Å². The number of fused-ring (bicyclic) bond motifs is 1. The molecule has 3 aromatic carbocycles. The van der Waals surface area contributed by atoms with Crippen LogP contribution in [0, 0.1) is 13.8 Å². The SMILES string of the molecule is Cc1cccc(C)c1NC(=O)c1ccc2c(c1)N(CC(=O)OCc1ccccc1)C(=O)C(C)(C)O2. The molecule has 0 unspecified atom stereocenters. The Kier molecular flexibility index (Phi) is 6.60. The molecule has 180 valence electrons. The van der Waals surface area contributed by atoms with Crippen molar-refractivity contribution < 1.29 is 23.9 Å². The van der Waals surface area contributed by atoms with Gasteiger partial charge in [0.1, 0.15) is 18.9 Å². The minimum absolute atomic E-state index is 0.104. The van der Waals surface area contributed by atoms with E-state index < -0.39 is 17.5 Å². The first-order valence-electron chi connectivity index (χ1n) is 11.4. The van der Waals surface area contributed by atoms with Crippen LogP contribution in [-0.2, 0) is 20.9 Å². The second-order valence-electron chi connectivity index (χ2n) is 9.05. The highest BCUT2D eigenvalue weighted by molar-refractivity contribution is 6.09. The van der Waals surface area contributed by atoms with Gasteiger partial charge in [0, 0.05) is 11.3 Å². The maximum Gasteiger partial charge on any atom is 0.326 e. The molecule has 0 atom stereocenters. The van der Waals surface area contributed by atoms with Crippen molar-refractivity contribution in [2.24, 2.45) is 0 Å². The Balaban J connectivity index is 1.58. The molecule has 1 N–H and O–H groups in total. The van der Waals surface area contributed by atoms with Crippen LogP contribution in [0.1, 0.15) is 40.9 Å². The second-order valence-corrected chi connectivity index (χ2v) is 9.05. The molecule has 0 saturated carbocycles. The Morgan fingerprint density at radius 1 is 0.971 bits per heavy atom. The number of anilines is 2. The number of carbonyl (C=O) groups excluding carboxylic acids is 3. The van der Waals surface area contributed by atoms with Crippen molar-refractivity contribution >= 4 is 29.2 Å². The summed E-state index contributed by atoms with van der Waals surface area (Å²) >= 11 is 0. The quantitative estimate of drug-likeness (QED) is 0.521. The highest BCUT2D eigenvalue weighted by atomic mass is 16.5. The van der Waals surface area contributed by atoms with Gasteiger partial charge in [0.15, 0.2) is 5.60 Å². The zero-order chi connectivity index (χ0) is 25.2. The number of benzene rings is 3. The summed E-state index contributed by atoms with van der Waals surface area (Å²) in [5.74, 6) is -0.867. The van der Waals surface area contributed by atoms with Crippen molar-refractivity contribution in [1.82, 2.24) is 0 Å². The molecule has 35 heavy (non-hydrogen) atoms. The van der Waals surface area contributed by atoms with Gasteiger partial charge in [-0.1, -0.05) is 48.5 Å². The lowest BCUT2D eigenvalue weighted by atomic mass is 10.0. The first-order valence-corrected chi connectivity index (χ1v) is 11.4. The number of para-hydroxylation sites is 1. The molecule has 3 aromatic rings. The van der Waals surface area contributed by atoms with E-state index in [2.05, 4.69) is 5.32 Å². The van der Waals surface area contributed by atoms with E-state index in [4.69, 9.17) is 9.47 Å². The van der Waals surface area contributed by atoms with E-state index in [0.717, 1.165) is 22.4 Å². The van der Waals surface area contributed by atoms with Gasteiger partial charge in [0.25, 0.3) is 11.8 Å². The summed E-state index contributed by atoms with van der Waals surface area (Å²) in [4.78, 5) is 40.2. The van der Waals surface area contributed by atoms with Gasteiger partial charge in [-0.15, -0.1) is 0 Å². The lowest BCUT2D eigenvalue weighted by Crippen LogP contribution is -2.54. The topological polar surface area (TPSA) is 84.9 Å². The van der Waals surface area contributed by atoms with Crippen LogP contribution >= 0.6 is 0 Å². The molecule has 0 radical (unpaired) electrons. The van der Waals surface area contributed by atoms with Crippen LogP contribution in [0.4, 0.5) is 11.4 Å². The average molecular weight is 473 g/mol. The summed E-state index contributed by atoms with van der Waals surface area (Å²) in [6.07, 6.45) is 0. The molecular weight excluding hydrogens is 444 g/mol. The number of aryl methyl sites for hydroxylation is 2. The van der Waals surface area contributed by atoms with Gasteiger partial charge in [0.05, 0.1) is 5.69 Å². The molecular formula is C28H28N2O5. The number of hydrogen-bond donors (Lipinski definition) is 1. The second kappa shape index (κ2) is 9.62. The lowest BCUT2D eigenvalue weighted by molar-refractivity contribution is -0.145. The van der Waals surface area contributed by atoms with Gasteiger partial charge >= 0.3 is 5.97 Å². The van der Waals surface area contributed by atoms with Gasteiger partial charge < -0.3 is 14.8 Å². The Morgan fingerprint density at radius 2 is 1.66 bits per heavy atom. The van der Waals surface area contributed by atoms with Crippen LogP contribution in [-0.4, -0.2) is 29.9 Å². The van der Waals surface area contributed by atoms with Crippen molar-refractivity contribution in [2.45, 2.75) is 39.9 Å². The van der Waals surface area contributed by atoms with Gasteiger partial charge in [-0.25, -0.2) is 0 Å². The molecule has 2 amide bonds. The van der Waals surface area contributed by atoms with E-state index in [1.54, 1.807) is 32.0 Å². The molecule has 7 heteroatoms. The number of nitrogens with zero attached hydrogens (tertiary/aromatic N) is 1. The molecule has 1 aliphatic heterocycles. The number of ether oxygens (including phenoxy) is 2. The highest BCUT2D eigenvalue weighted by Crippen LogP contribution is 2.38. The fraction of sp³-hybridized carbons (Fsp3) is 0.250. The monoisotopic (exact) mass is 472 g/mol. The average Bonchev–Trinajstić information content (AvgIpc) is 2.83. The highest BCUT2D eigenvalue weighted by Gasteiger charge is 2.42. The summed E-state index contributed by atoms with van der Waals surface area (Å²) in [6.45, 7) is 6.93. The van der Waals surface area contributed by atoms with E-state index in [0.29, 0.717) is 17.0 Å². The minimum atomic E-state index is -1.17. The van der Waals surface area contributed by atoms with Crippen molar-refractivity contribution in [3.63, 3.8) is 0 Å². The maximum atomic E-state index is 13.2. The number of hydrogen-bond acceptors (Lipinski definition) is 5. The predicted molar refractivity (Wildman–Crippen MR) is 134 cm³/mol. The summed E-state index contributed by atoms with van der Waals surface area (Å²) in [5, 5.41) is 2.95. The Labute approximate surface area is 204 Å². The predicted octanol–water partition coefficient (Wildman–Crippen LogP) is 4.80. The minimum Gasteiger partial charge on any atom is -0.476 e. The molecule has 0 spiro atoms. The third-order valence-corrected chi connectivity index (χ3v) is 5.89. The van der Waals surface area contributed by atoms with Crippen LogP contribution in [0.5, 0.6) is 5.75 Å². The van der Waals surface area contributed by atoms with Crippen LogP contribution in [0.15, 0.2) is 66.7 Å². The van der Waals surface area contributed by atoms with Crippen molar-refractivity contribution in [3.05, 3.63) is 89.0 Å². The Morgan fingerprint density at radius 3 is 2.34 bits per heavy atom. The molecule has 1 heterocycles. The zero-order valence-corrected chi connectivity index (χ0v) is 20.3. The van der Waals surface area contributed by atoms with Crippen molar-refractivity contribution in [1.29, 1.82) is 0 Å². The molecule has 0 saturated heterocycles. The van der Waals surface area contributed by atoms with E-state index in [9.17, 15) is 14.4 Å². The smallest absolute Gasteiger partial charge is 0.326 e. The molecule has 0 bridgehead atoms. The molecule has 7 nitrogen and oxygen atoms in total. The normalized spacial score (nSPS) is 14.1. The van der Waals surface area contributed by atoms with Gasteiger partial charge in [0.2, 0.25) is 0 Å². The maximum absolute atomic E-state index is 13.2. The lowest BCUT2D eigenvalue weighted by Gasteiger charge is -2.38. The van der Waals surface area contributed by atoms with Gasteiger partial charge in [-0.3, -0.25) is 19.3 Å². The third-order valence-electron chi connectivity index (χ3n) is 5.89. The zero-order valence-electron chi connectivity index (χ0n) is 20.3. The fourth-order valence-corrected chi connectivity index (χ4v) is 3.98. The standard InChI is InChI=1S/C28H28N2O5/c1-18-9-8-10-19(2)25(18)29-26(32)21-13-14-23-22(15-21)30(27(33)28(3,4)35-23)16-24(31)34-17-20-11-6-5-7-12-20/h5-15H,16-17H2,1-4H3,(H,29,32). The number of esters is 1. The Hall–Kier alpha value is -4.13. The summed E-state index contributed by atoms with van der Waals surface area (Å²) in [7, 11) is 0. The molecule has 4 rings (SSSR count). The van der Waals surface area contributed by atoms with Gasteiger partial charge in [-0.05, 0) is 62.6 Å². The molecule has 1 aliphatic rings. The van der Waals surface area contributed by atoms with Crippen molar-refractivity contribution in [2.75, 3.05) is 16.8 Å². The Bertz CT molecular complexity index is 1260. The number of amides is 2.